The summed E-state index contributed by atoms with van der Waals surface area (Å²) in [7, 11) is 1.61. The lowest BCUT2D eigenvalue weighted by Gasteiger charge is -2.12. The first-order valence-electron chi connectivity index (χ1n) is 5.43. The monoisotopic (exact) mass is 232 g/mol. The number of para-hydroxylation sites is 1. The van der Waals surface area contributed by atoms with Crippen LogP contribution in [0.15, 0.2) is 36.9 Å². The highest BCUT2D eigenvalue weighted by Gasteiger charge is 2.03. The number of nitrogens with zero attached hydrogens (tertiary/aromatic N) is 2. The van der Waals surface area contributed by atoms with Crippen LogP contribution in [0.1, 0.15) is 0 Å². The number of ether oxygens (including phenoxy) is 1. The Bertz CT molecular complexity index is 467. The number of anilines is 2. The molecule has 2 rings (SSSR count). The molecule has 3 N–H and O–H groups in total. The van der Waals surface area contributed by atoms with Gasteiger partial charge in [0, 0.05) is 25.5 Å². The lowest BCUT2D eigenvalue weighted by molar-refractivity contribution is 0.417. The zero-order valence-electron chi connectivity index (χ0n) is 9.76. The van der Waals surface area contributed by atoms with Gasteiger partial charge in [-0.05, 0) is 12.1 Å². The number of rotatable bonds is 5. The van der Waals surface area contributed by atoms with Crippen molar-refractivity contribution in [2.24, 2.45) is 0 Å². The van der Waals surface area contributed by atoms with E-state index in [1.165, 1.54) is 0 Å². The summed E-state index contributed by atoms with van der Waals surface area (Å²) in [5.41, 5.74) is 7.48. The highest BCUT2D eigenvalue weighted by atomic mass is 16.5. The molecule has 0 saturated carbocycles. The van der Waals surface area contributed by atoms with Gasteiger partial charge in [-0.2, -0.15) is 0 Å². The van der Waals surface area contributed by atoms with Gasteiger partial charge in [-0.3, -0.25) is 0 Å². The summed E-state index contributed by atoms with van der Waals surface area (Å²) in [4.78, 5) is 3.98. The summed E-state index contributed by atoms with van der Waals surface area (Å²) in [6.45, 7) is 1.63. The molecule has 2 aromatic rings. The van der Waals surface area contributed by atoms with Crippen LogP contribution in [0.2, 0.25) is 0 Å². The molecule has 0 saturated heterocycles. The van der Waals surface area contributed by atoms with Crippen molar-refractivity contribution in [1.29, 1.82) is 0 Å². The smallest absolute Gasteiger partial charge is 0.143 e. The molecular weight excluding hydrogens is 216 g/mol. The van der Waals surface area contributed by atoms with Gasteiger partial charge in [-0.1, -0.05) is 6.07 Å². The van der Waals surface area contributed by atoms with Gasteiger partial charge in [0.1, 0.15) is 5.75 Å². The number of nitrogen functional groups attached to an aromatic ring is 1. The number of hydrogen-bond acceptors (Lipinski definition) is 4. The number of methoxy groups -OCH3 is 1. The van der Waals surface area contributed by atoms with E-state index in [-0.39, 0.29) is 0 Å². The van der Waals surface area contributed by atoms with Crippen LogP contribution in [0, 0.1) is 0 Å². The number of imidazole rings is 1. The van der Waals surface area contributed by atoms with Crippen LogP contribution in [0.5, 0.6) is 5.75 Å². The minimum atomic E-state index is 0.639. The third-order valence-corrected chi connectivity index (χ3v) is 2.53. The molecule has 1 aromatic heterocycles. The lowest BCUT2D eigenvalue weighted by Crippen LogP contribution is -2.10. The minimum Gasteiger partial charge on any atom is -0.495 e. The van der Waals surface area contributed by atoms with E-state index >= 15 is 0 Å². The molecule has 17 heavy (non-hydrogen) atoms. The minimum absolute atomic E-state index is 0.639. The first kappa shape index (κ1) is 11.3. The molecule has 1 heterocycles. The zero-order chi connectivity index (χ0) is 12.1. The number of hydrogen-bond donors (Lipinski definition) is 2. The molecule has 0 amide bonds. The number of aromatic nitrogens is 2. The maximum Gasteiger partial charge on any atom is 0.143 e. The molecule has 90 valence electrons. The fourth-order valence-corrected chi connectivity index (χ4v) is 1.61. The second kappa shape index (κ2) is 5.25. The first-order valence-corrected chi connectivity index (χ1v) is 5.43. The summed E-state index contributed by atoms with van der Waals surface area (Å²) in [5.74, 6) is 0.692. The summed E-state index contributed by atoms with van der Waals surface area (Å²) in [5, 5.41) is 3.27. The highest BCUT2D eigenvalue weighted by Crippen LogP contribution is 2.28. The van der Waals surface area contributed by atoms with E-state index in [0.717, 1.165) is 18.8 Å². The molecule has 5 nitrogen and oxygen atoms in total. The SMILES string of the molecule is COc1cccc(NCCn2ccnc2)c1N. The quantitative estimate of drug-likeness (QED) is 0.768. The van der Waals surface area contributed by atoms with E-state index in [0.29, 0.717) is 11.4 Å². The Labute approximate surface area is 100 Å². The molecule has 0 spiro atoms. The van der Waals surface area contributed by atoms with Gasteiger partial charge in [-0.25, -0.2) is 4.98 Å². The predicted octanol–water partition coefficient (Wildman–Crippen LogP) is 1.59. The normalized spacial score (nSPS) is 10.2. The molecule has 0 fully saturated rings. The van der Waals surface area contributed by atoms with Crippen molar-refractivity contribution in [3.05, 3.63) is 36.9 Å². The van der Waals surface area contributed by atoms with Crippen molar-refractivity contribution in [1.82, 2.24) is 9.55 Å². The fourth-order valence-electron chi connectivity index (χ4n) is 1.61. The Hall–Kier alpha value is -2.17. The Morgan fingerprint density at radius 1 is 1.47 bits per heavy atom. The molecule has 0 atom stereocenters. The van der Waals surface area contributed by atoms with Crippen molar-refractivity contribution in [3.63, 3.8) is 0 Å². The fraction of sp³-hybridized carbons (Fsp3) is 0.250. The number of nitrogens with two attached hydrogens (primary N) is 1. The zero-order valence-corrected chi connectivity index (χ0v) is 9.76. The maximum absolute atomic E-state index is 5.95. The van der Waals surface area contributed by atoms with Crippen molar-refractivity contribution in [2.45, 2.75) is 6.54 Å². The number of nitrogens with one attached hydrogen (secondary N) is 1. The van der Waals surface area contributed by atoms with Gasteiger partial charge in [-0.15, -0.1) is 0 Å². The first-order chi connectivity index (χ1) is 8.31. The standard InChI is InChI=1S/C12H16N4O/c1-17-11-4-2-3-10(12(11)13)15-6-8-16-7-5-14-9-16/h2-5,7,9,15H,6,8,13H2,1H3. The van der Waals surface area contributed by atoms with Crippen molar-refractivity contribution in [3.8, 4) is 5.75 Å². The van der Waals surface area contributed by atoms with Crippen LogP contribution in [-0.4, -0.2) is 23.2 Å². The third kappa shape index (κ3) is 2.69. The van der Waals surface area contributed by atoms with Crippen LogP contribution in [0.3, 0.4) is 0 Å². The van der Waals surface area contributed by atoms with Gasteiger partial charge in [0.2, 0.25) is 0 Å². The topological polar surface area (TPSA) is 65.1 Å². The largest absolute Gasteiger partial charge is 0.495 e. The van der Waals surface area contributed by atoms with Crippen LogP contribution in [0.25, 0.3) is 0 Å². The molecule has 0 aliphatic heterocycles. The lowest BCUT2D eigenvalue weighted by atomic mass is 10.2. The Kier molecular flexibility index (Phi) is 3.49. The van der Waals surface area contributed by atoms with Crippen LogP contribution in [0.4, 0.5) is 11.4 Å². The van der Waals surface area contributed by atoms with E-state index in [2.05, 4.69) is 10.3 Å². The van der Waals surface area contributed by atoms with E-state index < -0.39 is 0 Å². The second-order valence-corrected chi connectivity index (χ2v) is 3.65. The summed E-state index contributed by atoms with van der Waals surface area (Å²) < 4.78 is 7.16. The van der Waals surface area contributed by atoms with Gasteiger partial charge in [0.15, 0.2) is 0 Å². The molecule has 0 radical (unpaired) electrons. The highest BCUT2D eigenvalue weighted by molar-refractivity contribution is 5.72. The molecule has 5 heteroatoms. The van der Waals surface area contributed by atoms with E-state index in [4.69, 9.17) is 10.5 Å². The van der Waals surface area contributed by atoms with E-state index in [1.807, 2.05) is 29.0 Å². The Balaban J connectivity index is 1.95. The Morgan fingerprint density at radius 3 is 3.06 bits per heavy atom. The summed E-state index contributed by atoms with van der Waals surface area (Å²) in [6.07, 6.45) is 5.48. The molecule has 0 unspecified atom stereocenters. The average molecular weight is 232 g/mol. The molecule has 0 bridgehead atoms. The van der Waals surface area contributed by atoms with E-state index in [1.54, 1.807) is 19.6 Å². The van der Waals surface area contributed by atoms with Gasteiger partial charge < -0.3 is 20.4 Å². The predicted molar refractivity (Wildman–Crippen MR) is 68.1 cm³/mol. The van der Waals surface area contributed by atoms with Crippen LogP contribution in [-0.2, 0) is 6.54 Å². The van der Waals surface area contributed by atoms with Gasteiger partial charge >= 0.3 is 0 Å². The van der Waals surface area contributed by atoms with Crippen molar-refractivity contribution >= 4 is 11.4 Å². The van der Waals surface area contributed by atoms with Crippen LogP contribution < -0.4 is 15.8 Å². The van der Waals surface area contributed by atoms with Crippen LogP contribution >= 0.6 is 0 Å². The molecular formula is C12H16N4O. The second-order valence-electron chi connectivity index (χ2n) is 3.65. The summed E-state index contributed by atoms with van der Waals surface area (Å²) in [6, 6.07) is 5.69. The maximum atomic E-state index is 5.95. The van der Waals surface area contributed by atoms with E-state index in [9.17, 15) is 0 Å². The third-order valence-electron chi connectivity index (χ3n) is 2.53. The van der Waals surface area contributed by atoms with Gasteiger partial charge in [0.25, 0.3) is 0 Å². The average Bonchev–Trinajstić information content (AvgIpc) is 2.84. The number of benzene rings is 1. The summed E-state index contributed by atoms with van der Waals surface area (Å²) >= 11 is 0. The van der Waals surface area contributed by atoms with Crippen molar-refractivity contribution < 1.29 is 4.74 Å². The molecule has 0 aliphatic rings. The molecule has 1 aromatic carbocycles. The Morgan fingerprint density at radius 2 is 2.35 bits per heavy atom. The van der Waals surface area contributed by atoms with Gasteiger partial charge in [0.05, 0.1) is 24.8 Å². The molecule has 0 aliphatic carbocycles. The van der Waals surface area contributed by atoms with Crippen molar-refractivity contribution in [2.75, 3.05) is 24.7 Å².